The van der Waals surface area contributed by atoms with Crippen molar-refractivity contribution in [2.75, 3.05) is 0 Å². The van der Waals surface area contributed by atoms with Crippen LogP contribution in [0.25, 0.3) is 0 Å². The van der Waals surface area contributed by atoms with E-state index in [1.54, 1.807) is 4.68 Å². The summed E-state index contributed by atoms with van der Waals surface area (Å²) < 4.78 is 44.9. The van der Waals surface area contributed by atoms with Crippen molar-refractivity contribution < 1.29 is 69.1 Å². The van der Waals surface area contributed by atoms with E-state index in [9.17, 15) is 12.9 Å². The molecule has 21 heavy (non-hydrogen) atoms. The Balaban J connectivity index is 0.00000220. The van der Waals surface area contributed by atoms with Crippen molar-refractivity contribution in [1.29, 1.82) is 0 Å². The number of hydrogen-bond donors (Lipinski definition) is 0. The zero-order valence-electron chi connectivity index (χ0n) is 12.0. The number of benzene rings is 1. The molecule has 0 spiro atoms. The second kappa shape index (κ2) is 8.33. The average Bonchev–Trinajstić information content (AvgIpc) is 2.84. The Bertz CT molecular complexity index is 577. The summed E-state index contributed by atoms with van der Waals surface area (Å²) in [4.78, 5) is 4.03. The molecule has 2 aromatic rings. The van der Waals surface area contributed by atoms with Crippen LogP contribution in [0.5, 0.6) is 5.75 Å². The van der Waals surface area contributed by atoms with Gasteiger partial charge in [0, 0.05) is 6.54 Å². The Kier molecular flexibility index (Phi) is 7.42. The van der Waals surface area contributed by atoms with E-state index >= 15 is 0 Å². The molecule has 0 radical (unpaired) electrons. The number of nitrogens with zero attached hydrogens (tertiary/aromatic N) is 3. The van der Waals surface area contributed by atoms with E-state index in [1.165, 1.54) is 18.5 Å². The van der Waals surface area contributed by atoms with Crippen molar-refractivity contribution in [3.05, 3.63) is 36.4 Å². The Hall–Kier alpha value is -0.349. The van der Waals surface area contributed by atoms with Crippen LogP contribution in [0.1, 0.15) is 19.2 Å². The molecule has 4 nitrogen and oxygen atoms in total. The van der Waals surface area contributed by atoms with Gasteiger partial charge in [-0.3, -0.25) is 0 Å². The monoisotopic (exact) mass is 323 g/mol. The van der Waals surface area contributed by atoms with Crippen LogP contribution in [0.2, 0.25) is 0 Å². The van der Waals surface area contributed by atoms with Crippen LogP contribution in [0, 0.1) is 0 Å². The van der Waals surface area contributed by atoms with Crippen LogP contribution in [-0.2, 0) is 13.2 Å². The molecule has 0 saturated carbocycles. The molecule has 1 heterocycles. The van der Waals surface area contributed by atoms with Crippen molar-refractivity contribution in [3.8, 4) is 5.75 Å². The zero-order valence-corrected chi connectivity index (χ0v) is 15.1. The minimum atomic E-state index is -5.01. The maximum atomic E-state index is 12.6. The van der Waals surface area contributed by atoms with Crippen molar-refractivity contribution >= 4 is 12.4 Å². The Labute approximate surface area is 163 Å². The van der Waals surface area contributed by atoms with E-state index in [2.05, 4.69) is 10.1 Å². The van der Waals surface area contributed by atoms with Gasteiger partial charge >= 0.3 is 58.4 Å². The number of rotatable bonds is 6. The van der Waals surface area contributed by atoms with Gasteiger partial charge in [-0.05, 0) is 18.6 Å². The normalized spacial score (nSPS) is 11.0. The Morgan fingerprint density at radius 3 is 2.71 bits per heavy atom. The molecule has 0 aliphatic rings. The van der Waals surface area contributed by atoms with E-state index in [-0.39, 0.29) is 63.7 Å². The van der Waals surface area contributed by atoms with Gasteiger partial charge < -0.3 is 17.7 Å². The molecule has 9 heteroatoms. The summed E-state index contributed by atoms with van der Waals surface area (Å²) in [5.41, 5.74) is -0.669. The molecular weight excluding hydrogens is 309 g/mol. The third kappa shape index (κ3) is 5.41. The first-order valence-electron chi connectivity index (χ1n) is 6.30. The second-order valence-electron chi connectivity index (χ2n) is 4.34. The fourth-order valence-corrected chi connectivity index (χ4v) is 1.75. The van der Waals surface area contributed by atoms with Gasteiger partial charge in [0.1, 0.15) is 18.7 Å². The van der Waals surface area contributed by atoms with E-state index < -0.39 is 12.4 Å². The number of halogens is 3. The van der Waals surface area contributed by atoms with E-state index in [0.717, 1.165) is 18.6 Å². The van der Waals surface area contributed by atoms with Gasteiger partial charge in [-0.25, -0.2) is 9.67 Å². The number of hydrogen-bond acceptors (Lipinski definition) is 3. The summed E-state index contributed by atoms with van der Waals surface area (Å²) in [6, 6.07) is 4.86. The molecule has 0 N–H and O–H groups in total. The van der Waals surface area contributed by atoms with Crippen LogP contribution in [0.15, 0.2) is 30.6 Å². The molecule has 108 valence electrons. The minimum absolute atomic E-state index is 0. The van der Waals surface area contributed by atoms with Gasteiger partial charge in [-0.15, -0.1) is 5.46 Å². The van der Waals surface area contributed by atoms with Gasteiger partial charge in [0.25, 0.3) is 0 Å². The van der Waals surface area contributed by atoms with Crippen molar-refractivity contribution in [1.82, 2.24) is 14.8 Å². The largest absolute Gasteiger partial charge is 1.00 e. The molecule has 0 aliphatic heterocycles. The predicted octanol–water partition coefficient (Wildman–Crippen LogP) is -0.674. The third-order valence-electron chi connectivity index (χ3n) is 2.74. The van der Waals surface area contributed by atoms with Crippen LogP contribution < -0.4 is 61.6 Å². The summed E-state index contributed by atoms with van der Waals surface area (Å²) in [6.07, 6.45) is 2.30. The first-order valence-corrected chi connectivity index (χ1v) is 6.30. The van der Waals surface area contributed by atoms with Gasteiger partial charge in [0.15, 0.2) is 5.82 Å². The van der Waals surface area contributed by atoms with Crippen molar-refractivity contribution in [2.45, 2.75) is 26.5 Å². The van der Waals surface area contributed by atoms with Gasteiger partial charge in [0.2, 0.25) is 0 Å². The summed E-state index contributed by atoms with van der Waals surface area (Å²) in [6.45, 7) is -2.22. The van der Waals surface area contributed by atoms with Crippen molar-refractivity contribution in [3.63, 3.8) is 0 Å². The van der Waals surface area contributed by atoms with E-state index in [0.29, 0.717) is 12.4 Å². The fraction of sp³-hybridized carbons (Fsp3) is 0.333. The maximum Gasteiger partial charge on any atom is 1.00 e. The standard InChI is InChI=1S/C12H14BF3N3O.K/c1-2-6-19-12(17-9-18-19)8-20-11-5-3-4-10(7-11)13(14,15)16;/h3-5,7,9H,2,6,8H2,1H3;/q-1;+1. The summed E-state index contributed by atoms with van der Waals surface area (Å²) in [5.74, 6) is 0.766. The quantitative estimate of drug-likeness (QED) is 0.662. The number of ether oxygens (including phenoxy) is 1. The summed E-state index contributed by atoms with van der Waals surface area (Å²) >= 11 is 0. The fourth-order valence-electron chi connectivity index (χ4n) is 1.75. The number of aryl methyl sites for hydroxylation is 1. The molecule has 0 amide bonds. The SMILES string of the molecule is CCCn1ncnc1COc1cccc([B-](F)(F)F)c1.[K+]. The molecule has 0 saturated heterocycles. The molecule has 0 bridgehead atoms. The Morgan fingerprint density at radius 2 is 2.05 bits per heavy atom. The van der Waals surface area contributed by atoms with Crippen molar-refractivity contribution in [2.24, 2.45) is 0 Å². The first kappa shape index (κ1) is 18.7. The molecule has 0 atom stereocenters. The van der Waals surface area contributed by atoms with Gasteiger partial charge in [-0.2, -0.15) is 5.10 Å². The summed E-state index contributed by atoms with van der Waals surface area (Å²) in [5, 5.41) is 4.02. The van der Waals surface area contributed by atoms with Gasteiger partial charge in [0.05, 0.1) is 0 Å². The van der Waals surface area contributed by atoms with E-state index in [1.807, 2.05) is 6.92 Å². The molecule has 1 aromatic carbocycles. The second-order valence-corrected chi connectivity index (χ2v) is 4.34. The summed E-state index contributed by atoms with van der Waals surface area (Å²) in [7, 11) is 0. The molecule has 0 unspecified atom stereocenters. The predicted molar refractivity (Wildman–Crippen MR) is 69.8 cm³/mol. The van der Waals surface area contributed by atoms with Crippen LogP contribution in [0.3, 0.4) is 0 Å². The molecule has 0 fully saturated rings. The third-order valence-corrected chi connectivity index (χ3v) is 2.74. The van der Waals surface area contributed by atoms with Crippen LogP contribution in [-0.4, -0.2) is 21.7 Å². The zero-order chi connectivity index (χ0) is 14.6. The molecular formula is C12H14BF3KN3O. The molecule has 1 aromatic heterocycles. The van der Waals surface area contributed by atoms with Gasteiger partial charge in [-0.1, -0.05) is 19.1 Å². The molecule has 2 rings (SSSR count). The Morgan fingerprint density at radius 1 is 1.29 bits per heavy atom. The topological polar surface area (TPSA) is 39.9 Å². The number of aromatic nitrogens is 3. The van der Waals surface area contributed by atoms with E-state index in [4.69, 9.17) is 4.74 Å². The first-order chi connectivity index (χ1) is 9.50. The van der Waals surface area contributed by atoms with Crippen LogP contribution in [0.4, 0.5) is 12.9 Å². The average molecular weight is 323 g/mol. The smallest absolute Gasteiger partial charge is 0.486 e. The molecule has 0 aliphatic carbocycles. The minimum Gasteiger partial charge on any atom is -0.486 e. The van der Waals surface area contributed by atoms with Crippen LogP contribution >= 0.6 is 0 Å². The maximum absolute atomic E-state index is 12.6.